The molecule has 0 aliphatic carbocycles. The fourth-order valence-electron chi connectivity index (χ4n) is 3.28. The topological polar surface area (TPSA) is 42.6 Å². The Kier molecular flexibility index (Phi) is 4.87. The number of likely N-dealkylation sites (tertiary alicyclic amines) is 1. The van der Waals surface area contributed by atoms with E-state index in [0.717, 1.165) is 36.1 Å². The first-order valence-electron chi connectivity index (χ1n) is 8.32. The van der Waals surface area contributed by atoms with Crippen molar-refractivity contribution >= 4 is 16.8 Å². The van der Waals surface area contributed by atoms with Gasteiger partial charge in [0.15, 0.2) is 0 Å². The molecule has 0 radical (unpaired) electrons. The summed E-state index contributed by atoms with van der Waals surface area (Å²) in [5, 5.41) is 0.833. The third kappa shape index (κ3) is 3.76. The van der Waals surface area contributed by atoms with Gasteiger partial charge in [-0.2, -0.15) is 0 Å². The van der Waals surface area contributed by atoms with Crippen molar-refractivity contribution in [3.05, 3.63) is 35.8 Å². The van der Waals surface area contributed by atoms with Gasteiger partial charge in [-0.1, -0.05) is 0 Å². The third-order valence-electron chi connectivity index (χ3n) is 4.81. The Morgan fingerprint density at radius 1 is 1.33 bits per heavy atom. The van der Waals surface area contributed by atoms with Gasteiger partial charge in [-0.25, -0.2) is 4.39 Å². The van der Waals surface area contributed by atoms with E-state index in [9.17, 15) is 9.18 Å². The van der Waals surface area contributed by atoms with Crippen LogP contribution in [0.1, 0.15) is 12.1 Å². The van der Waals surface area contributed by atoms with Crippen LogP contribution in [0.4, 0.5) is 4.39 Å². The van der Waals surface area contributed by atoms with E-state index < -0.39 is 0 Å². The molecule has 1 amide bonds. The first kappa shape index (κ1) is 16.9. The Bertz CT molecular complexity index is 727. The van der Waals surface area contributed by atoms with Gasteiger partial charge in [0.25, 0.3) is 0 Å². The largest absolute Gasteiger partial charge is 0.357 e. The number of aromatic nitrogens is 1. The Labute approximate surface area is 142 Å². The lowest BCUT2D eigenvalue weighted by atomic mass is 10.2. The van der Waals surface area contributed by atoms with Crippen LogP contribution in [0.25, 0.3) is 10.9 Å². The highest BCUT2D eigenvalue weighted by Gasteiger charge is 2.26. The molecule has 1 aliphatic rings. The molecule has 2 heterocycles. The summed E-state index contributed by atoms with van der Waals surface area (Å²) in [5.41, 5.74) is 1.81. The van der Waals surface area contributed by atoms with Gasteiger partial charge in [0.05, 0.1) is 13.1 Å². The molecule has 1 fully saturated rings. The fourth-order valence-corrected chi connectivity index (χ4v) is 3.28. The molecule has 3 rings (SSSR count). The number of carbonyl (C=O) groups excluding carboxylic acids is 1. The zero-order chi connectivity index (χ0) is 17.3. The standard InChI is InChI=1S/C18H25FN4O/c1-21(2)16-6-7-23(11-16)12-18(24)22(3)10-15-9-13-8-14(19)4-5-17(13)20-15/h4-5,8-9,16,20H,6-7,10-12H2,1-3H3/t16-/m1/s1. The van der Waals surface area contributed by atoms with Crippen LogP contribution in [-0.2, 0) is 11.3 Å². The van der Waals surface area contributed by atoms with Crippen LogP contribution in [0.15, 0.2) is 24.3 Å². The predicted molar refractivity (Wildman–Crippen MR) is 93.3 cm³/mol. The van der Waals surface area contributed by atoms with E-state index >= 15 is 0 Å². The van der Waals surface area contributed by atoms with E-state index in [-0.39, 0.29) is 11.7 Å². The van der Waals surface area contributed by atoms with Crippen molar-refractivity contribution in [3.8, 4) is 0 Å². The second-order valence-electron chi connectivity index (χ2n) is 6.92. The monoisotopic (exact) mass is 332 g/mol. The molecule has 5 nitrogen and oxygen atoms in total. The van der Waals surface area contributed by atoms with Crippen molar-refractivity contribution < 1.29 is 9.18 Å². The van der Waals surface area contributed by atoms with Crippen LogP contribution >= 0.6 is 0 Å². The molecular weight excluding hydrogens is 307 g/mol. The molecule has 6 heteroatoms. The number of carbonyl (C=O) groups is 1. The maximum atomic E-state index is 13.3. The maximum absolute atomic E-state index is 13.3. The smallest absolute Gasteiger partial charge is 0.236 e. The molecule has 1 aromatic carbocycles. The van der Waals surface area contributed by atoms with Crippen LogP contribution in [0.2, 0.25) is 0 Å². The molecule has 0 unspecified atom stereocenters. The number of nitrogens with one attached hydrogen (secondary N) is 1. The number of hydrogen-bond acceptors (Lipinski definition) is 3. The van der Waals surface area contributed by atoms with Crippen molar-refractivity contribution in [1.82, 2.24) is 19.7 Å². The van der Waals surface area contributed by atoms with Crippen molar-refractivity contribution in [1.29, 1.82) is 0 Å². The van der Waals surface area contributed by atoms with Crippen LogP contribution < -0.4 is 0 Å². The van der Waals surface area contributed by atoms with Gasteiger partial charge < -0.3 is 14.8 Å². The number of rotatable bonds is 5. The molecule has 1 N–H and O–H groups in total. The first-order chi connectivity index (χ1) is 11.4. The zero-order valence-electron chi connectivity index (χ0n) is 14.6. The van der Waals surface area contributed by atoms with Gasteiger partial charge >= 0.3 is 0 Å². The van der Waals surface area contributed by atoms with E-state index in [1.54, 1.807) is 11.0 Å². The van der Waals surface area contributed by atoms with Crippen molar-refractivity contribution in [2.24, 2.45) is 0 Å². The highest BCUT2D eigenvalue weighted by Crippen LogP contribution is 2.18. The number of fused-ring (bicyclic) bond motifs is 1. The van der Waals surface area contributed by atoms with Gasteiger partial charge in [0.1, 0.15) is 5.82 Å². The third-order valence-corrected chi connectivity index (χ3v) is 4.81. The van der Waals surface area contributed by atoms with Gasteiger partial charge in [-0.3, -0.25) is 9.69 Å². The Morgan fingerprint density at radius 2 is 2.12 bits per heavy atom. The molecule has 0 spiro atoms. The van der Waals surface area contributed by atoms with Gasteiger partial charge in [0.2, 0.25) is 5.91 Å². The van der Waals surface area contributed by atoms with E-state index in [1.165, 1.54) is 12.1 Å². The lowest BCUT2D eigenvalue weighted by Gasteiger charge is -2.22. The number of hydrogen-bond donors (Lipinski definition) is 1. The average Bonchev–Trinajstić information content (AvgIpc) is 3.13. The summed E-state index contributed by atoms with van der Waals surface area (Å²) in [6.07, 6.45) is 1.11. The second kappa shape index (κ2) is 6.91. The van der Waals surface area contributed by atoms with Crippen molar-refractivity contribution in [3.63, 3.8) is 0 Å². The van der Waals surface area contributed by atoms with E-state index in [1.807, 2.05) is 13.1 Å². The maximum Gasteiger partial charge on any atom is 0.236 e. The SMILES string of the molecule is CN(Cc1cc2cc(F)ccc2[nH]1)C(=O)CN1CC[C@@H](N(C)C)C1. The molecule has 1 aromatic heterocycles. The summed E-state index contributed by atoms with van der Waals surface area (Å²) in [4.78, 5) is 21.8. The summed E-state index contributed by atoms with van der Waals surface area (Å²) < 4.78 is 13.3. The number of amides is 1. The average molecular weight is 332 g/mol. The highest BCUT2D eigenvalue weighted by molar-refractivity contribution is 5.81. The first-order valence-corrected chi connectivity index (χ1v) is 8.32. The molecule has 1 atom stereocenters. The number of likely N-dealkylation sites (N-methyl/N-ethyl adjacent to an activating group) is 2. The summed E-state index contributed by atoms with van der Waals surface area (Å²) in [6.45, 7) is 2.86. The van der Waals surface area contributed by atoms with E-state index in [2.05, 4.69) is 28.9 Å². The van der Waals surface area contributed by atoms with Crippen LogP contribution in [0, 0.1) is 5.82 Å². The summed E-state index contributed by atoms with van der Waals surface area (Å²) >= 11 is 0. The fraction of sp³-hybridized carbons (Fsp3) is 0.500. The molecule has 2 aromatic rings. The Morgan fingerprint density at radius 3 is 2.83 bits per heavy atom. The van der Waals surface area contributed by atoms with Crippen molar-refractivity contribution in [2.75, 3.05) is 40.8 Å². The Balaban J connectivity index is 1.57. The summed E-state index contributed by atoms with van der Waals surface area (Å²) in [7, 11) is 5.98. The minimum atomic E-state index is -0.248. The van der Waals surface area contributed by atoms with Crippen LogP contribution in [-0.4, -0.2) is 72.4 Å². The van der Waals surface area contributed by atoms with Crippen LogP contribution in [0.3, 0.4) is 0 Å². The number of halogens is 1. The number of benzene rings is 1. The minimum Gasteiger partial charge on any atom is -0.357 e. The second-order valence-corrected chi connectivity index (χ2v) is 6.92. The molecule has 0 bridgehead atoms. The molecule has 1 aliphatic heterocycles. The molecule has 24 heavy (non-hydrogen) atoms. The predicted octanol–water partition coefficient (Wildman–Crippen LogP) is 1.90. The van der Waals surface area contributed by atoms with E-state index in [0.29, 0.717) is 19.1 Å². The zero-order valence-corrected chi connectivity index (χ0v) is 14.6. The van der Waals surface area contributed by atoms with Crippen LogP contribution in [0.5, 0.6) is 0 Å². The number of aromatic amines is 1. The van der Waals surface area contributed by atoms with Crippen molar-refractivity contribution in [2.45, 2.75) is 19.0 Å². The van der Waals surface area contributed by atoms with Gasteiger partial charge in [-0.05, 0) is 44.8 Å². The number of nitrogens with zero attached hydrogens (tertiary/aromatic N) is 3. The number of H-pyrrole nitrogens is 1. The molecule has 130 valence electrons. The minimum absolute atomic E-state index is 0.110. The van der Waals surface area contributed by atoms with E-state index in [4.69, 9.17) is 0 Å². The summed E-state index contributed by atoms with van der Waals surface area (Å²) in [6, 6.07) is 7.10. The molecule has 0 saturated carbocycles. The highest BCUT2D eigenvalue weighted by atomic mass is 19.1. The lowest BCUT2D eigenvalue weighted by Crippen LogP contribution is -2.38. The Hall–Kier alpha value is -1.92. The lowest BCUT2D eigenvalue weighted by molar-refractivity contribution is -0.131. The quantitative estimate of drug-likeness (QED) is 0.909. The summed E-state index contributed by atoms with van der Waals surface area (Å²) in [5.74, 6) is -0.138. The molecule has 1 saturated heterocycles. The van der Waals surface area contributed by atoms with Gasteiger partial charge in [-0.15, -0.1) is 0 Å². The molecular formula is C18H25FN4O. The van der Waals surface area contributed by atoms with Gasteiger partial charge in [0, 0.05) is 42.8 Å². The normalized spacial score (nSPS) is 18.6.